The van der Waals surface area contributed by atoms with Crippen LogP contribution in [0.4, 0.5) is 0 Å². The second kappa shape index (κ2) is 9.08. The van der Waals surface area contributed by atoms with Gasteiger partial charge in [-0.2, -0.15) is 4.31 Å². The summed E-state index contributed by atoms with van der Waals surface area (Å²) >= 11 is 6.29. The highest BCUT2D eigenvalue weighted by Gasteiger charge is 2.20. The topological polar surface area (TPSA) is 98.3 Å². The molecule has 0 radical (unpaired) electrons. The van der Waals surface area contributed by atoms with Crippen LogP contribution in [0.25, 0.3) is 16.6 Å². The Morgan fingerprint density at radius 1 is 1.16 bits per heavy atom. The van der Waals surface area contributed by atoms with E-state index in [1.807, 2.05) is 19.9 Å². The highest BCUT2D eigenvalue weighted by Crippen LogP contribution is 2.23. The Labute approximate surface area is 187 Å². The van der Waals surface area contributed by atoms with Crippen molar-refractivity contribution >= 4 is 32.5 Å². The van der Waals surface area contributed by atoms with Crippen LogP contribution in [0, 0.1) is 5.92 Å². The fraction of sp³-hybridized carbons (Fsp3) is 0.364. The van der Waals surface area contributed by atoms with E-state index in [1.165, 1.54) is 15.1 Å². The van der Waals surface area contributed by atoms with Crippen molar-refractivity contribution in [1.29, 1.82) is 0 Å². The molecule has 7 nitrogen and oxygen atoms in total. The number of hydrogen-bond donors (Lipinski definition) is 1. The average molecular weight is 463 g/mol. The predicted molar refractivity (Wildman–Crippen MR) is 125 cm³/mol. The van der Waals surface area contributed by atoms with Crippen LogP contribution in [0.2, 0.25) is 5.02 Å². The Balaban J connectivity index is 2.16. The molecular weight excluding hydrogens is 436 g/mol. The summed E-state index contributed by atoms with van der Waals surface area (Å²) in [6, 6.07) is 11.8. The monoisotopic (exact) mass is 462 g/mol. The highest BCUT2D eigenvalue weighted by atomic mass is 35.5. The fourth-order valence-electron chi connectivity index (χ4n) is 3.48. The third kappa shape index (κ3) is 5.15. The lowest BCUT2D eigenvalue weighted by Gasteiger charge is -2.22. The normalized spacial score (nSPS) is 13.3. The number of aromatic nitrogens is 2. The molecule has 9 heteroatoms. The molecule has 0 aliphatic carbocycles. The van der Waals surface area contributed by atoms with Gasteiger partial charge >= 0.3 is 0 Å². The molecule has 0 aliphatic heterocycles. The van der Waals surface area contributed by atoms with E-state index in [-0.39, 0.29) is 18.0 Å². The van der Waals surface area contributed by atoms with Crippen molar-refractivity contribution in [3.8, 4) is 5.69 Å². The molecule has 3 aromatic rings. The lowest BCUT2D eigenvalue weighted by Crippen LogP contribution is -2.33. The Kier molecular flexibility index (Phi) is 6.85. The Morgan fingerprint density at radius 3 is 2.45 bits per heavy atom. The summed E-state index contributed by atoms with van der Waals surface area (Å²) in [7, 11) is -3.38. The molecule has 2 aromatic carbocycles. The summed E-state index contributed by atoms with van der Waals surface area (Å²) in [6.07, 6.45) is 1.20. The first-order chi connectivity index (χ1) is 14.5. The van der Waals surface area contributed by atoms with Crippen molar-refractivity contribution in [3.63, 3.8) is 0 Å². The van der Waals surface area contributed by atoms with Crippen molar-refractivity contribution in [2.75, 3.05) is 12.8 Å². The summed E-state index contributed by atoms with van der Waals surface area (Å²) in [4.78, 5) is 18.0. The van der Waals surface area contributed by atoms with Crippen molar-refractivity contribution in [2.24, 2.45) is 11.7 Å². The summed E-state index contributed by atoms with van der Waals surface area (Å²) in [5.74, 6) is 0.580. The fourth-order valence-corrected chi connectivity index (χ4v) is 4.69. The molecule has 31 heavy (non-hydrogen) atoms. The van der Waals surface area contributed by atoms with Gasteiger partial charge in [0, 0.05) is 13.1 Å². The summed E-state index contributed by atoms with van der Waals surface area (Å²) < 4.78 is 27.4. The molecule has 0 saturated heterocycles. The van der Waals surface area contributed by atoms with Crippen molar-refractivity contribution in [2.45, 2.75) is 33.4 Å². The molecule has 0 bridgehead atoms. The number of rotatable bonds is 7. The SMILES string of the molecule is CC(C)CN(Cc1cccc(-n2c([C@H](C)N)nc3cccc(Cl)c3c2=O)c1)S(C)(=O)=O. The Bertz CT molecular complexity index is 1270. The van der Waals surface area contributed by atoms with Crippen molar-refractivity contribution in [3.05, 3.63) is 69.2 Å². The first kappa shape index (κ1) is 23.4. The van der Waals surface area contributed by atoms with Gasteiger partial charge in [-0.1, -0.05) is 43.6 Å². The quantitative estimate of drug-likeness (QED) is 0.579. The standard InChI is InChI=1S/C22H27ClN4O3S/c1-14(2)12-26(31(4,29)30)13-16-7-5-8-17(11-16)27-21(15(3)24)25-19-10-6-9-18(23)20(19)22(27)28/h5-11,14-15H,12-13,24H2,1-4H3/t15-/m0/s1. The minimum atomic E-state index is -3.38. The minimum absolute atomic E-state index is 0.178. The zero-order valence-corrected chi connectivity index (χ0v) is 19.6. The third-order valence-electron chi connectivity index (χ3n) is 4.85. The molecule has 0 aliphatic rings. The van der Waals surface area contributed by atoms with Crippen molar-refractivity contribution < 1.29 is 8.42 Å². The first-order valence-corrected chi connectivity index (χ1v) is 12.2. The van der Waals surface area contributed by atoms with Crippen LogP contribution in [0.1, 0.15) is 38.2 Å². The number of nitrogens with zero attached hydrogens (tertiary/aromatic N) is 3. The van der Waals surface area contributed by atoms with E-state index in [2.05, 4.69) is 4.98 Å². The highest BCUT2D eigenvalue weighted by molar-refractivity contribution is 7.88. The van der Waals surface area contributed by atoms with Gasteiger partial charge in [-0.05, 0) is 42.7 Å². The van der Waals surface area contributed by atoms with Crippen LogP contribution < -0.4 is 11.3 Å². The zero-order valence-electron chi connectivity index (χ0n) is 18.0. The molecule has 1 aromatic heterocycles. The van der Waals surface area contributed by atoms with Crippen LogP contribution in [-0.2, 0) is 16.6 Å². The molecule has 0 fully saturated rings. The van der Waals surface area contributed by atoms with E-state index < -0.39 is 16.1 Å². The summed E-state index contributed by atoms with van der Waals surface area (Å²) in [5, 5.41) is 0.632. The van der Waals surface area contributed by atoms with Gasteiger partial charge in [-0.25, -0.2) is 13.4 Å². The zero-order chi connectivity index (χ0) is 22.9. The number of nitrogens with two attached hydrogens (primary N) is 1. The van der Waals surface area contributed by atoms with Crippen LogP contribution in [-0.4, -0.2) is 35.1 Å². The van der Waals surface area contributed by atoms with Gasteiger partial charge in [0.25, 0.3) is 5.56 Å². The molecule has 0 saturated carbocycles. The largest absolute Gasteiger partial charge is 0.322 e. The maximum absolute atomic E-state index is 13.4. The van der Waals surface area contributed by atoms with Gasteiger partial charge in [0.15, 0.2) is 0 Å². The lowest BCUT2D eigenvalue weighted by atomic mass is 10.1. The molecule has 2 N–H and O–H groups in total. The van der Waals surface area contributed by atoms with Gasteiger partial charge in [0.05, 0.1) is 33.9 Å². The van der Waals surface area contributed by atoms with Crippen LogP contribution in [0.3, 0.4) is 0 Å². The van der Waals surface area contributed by atoms with Gasteiger partial charge in [0.2, 0.25) is 10.0 Å². The molecular formula is C22H27ClN4O3S. The number of hydrogen-bond acceptors (Lipinski definition) is 5. The van der Waals surface area contributed by atoms with E-state index >= 15 is 0 Å². The van der Waals surface area contributed by atoms with Gasteiger partial charge in [-0.3, -0.25) is 9.36 Å². The van der Waals surface area contributed by atoms with E-state index in [0.29, 0.717) is 34.0 Å². The van der Waals surface area contributed by atoms with E-state index in [4.69, 9.17) is 17.3 Å². The number of fused-ring (bicyclic) bond motifs is 1. The Hall–Kier alpha value is -2.26. The second-order valence-corrected chi connectivity index (χ2v) is 10.5. The van der Waals surface area contributed by atoms with Gasteiger partial charge in [0.1, 0.15) is 5.82 Å². The average Bonchev–Trinajstić information content (AvgIpc) is 2.66. The maximum atomic E-state index is 13.4. The molecule has 0 amide bonds. The summed E-state index contributed by atoms with van der Waals surface area (Å²) in [6.45, 7) is 6.30. The van der Waals surface area contributed by atoms with Gasteiger partial charge in [-0.15, -0.1) is 0 Å². The molecule has 0 spiro atoms. The van der Waals surface area contributed by atoms with Gasteiger partial charge < -0.3 is 5.73 Å². The number of halogens is 1. The second-order valence-electron chi connectivity index (χ2n) is 8.15. The number of benzene rings is 2. The lowest BCUT2D eigenvalue weighted by molar-refractivity contribution is 0.365. The first-order valence-electron chi connectivity index (χ1n) is 10.00. The smallest absolute Gasteiger partial charge is 0.267 e. The maximum Gasteiger partial charge on any atom is 0.267 e. The number of sulfonamides is 1. The Morgan fingerprint density at radius 2 is 1.84 bits per heavy atom. The van der Waals surface area contributed by atoms with E-state index in [9.17, 15) is 13.2 Å². The van der Waals surface area contributed by atoms with Crippen LogP contribution >= 0.6 is 11.6 Å². The van der Waals surface area contributed by atoms with Crippen LogP contribution in [0.5, 0.6) is 0 Å². The molecule has 3 rings (SSSR count). The minimum Gasteiger partial charge on any atom is -0.322 e. The van der Waals surface area contributed by atoms with E-state index in [1.54, 1.807) is 43.3 Å². The molecule has 1 atom stereocenters. The predicted octanol–water partition coefficient (Wildman–Crippen LogP) is 3.48. The third-order valence-corrected chi connectivity index (χ3v) is 6.38. The summed E-state index contributed by atoms with van der Waals surface area (Å²) in [5.41, 5.74) is 7.62. The van der Waals surface area contributed by atoms with Crippen molar-refractivity contribution in [1.82, 2.24) is 13.9 Å². The van der Waals surface area contributed by atoms with E-state index in [0.717, 1.165) is 5.56 Å². The molecule has 0 unspecified atom stereocenters. The molecule has 166 valence electrons. The molecule has 1 heterocycles. The van der Waals surface area contributed by atoms with Crippen LogP contribution in [0.15, 0.2) is 47.3 Å².